The highest BCUT2D eigenvalue weighted by atomic mass is 32.1. The Kier molecular flexibility index (Phi) is 3.83. The summed E-state index contributed by atoms with van der Waals surface area (Å²) in [6.45, 7) is 0.264. The Labute approximate surface area is 76.1 Å². The normalized spacial score (nSPS) is 14.6. The molecule has 0 atom stereocenters. The Morgan fingerprint density at radius 3 is 3.17 bits per heavy atom. The lowest BCUT2D eigenvalue weighted by Gasteiger charge is -1.99. The van der Waals surface area contributed by atoms with Crippen molar-refractivity contribution in [1.29, 1.82) is 0 Å². The molecule has 1 heterocycles. The van der Waals surface area contributed by atoms with Gasteiger partial charge < -0.3 is 4.74 Å². The van der Waals surface area contributed by atoms with Crippen LogP contribution in [-0.4, -0.2) is 24.7 Å². The first-order valence-electron chi connectivity index (χ1n) is 3.66. The van der Waals surface area contributed by atoms with Gasteiger partial charge in [-0.15, -0.1) is 0 Å². The zero-order valence-electron chi connectivity index (χ0n) is 6.56. The summed E-state index contributed by atoms with van der Waals surface area (Å²) in [5, 5.41) is 1.81. The molecule has 1 aliphatic rings. The zero-order valence-corrected chi connectivity index (χ0v) is 7.46. The van der Waals surface area contributed by atoms with Crippen LogP contribution in [0.1, 0.15) is 6.42 Å². The Hall–Kier alpha value is -0.810. The van der Waals surface area contributed by atoms with Crippen molar-refractivity contribution in [3.05, 3.63) is 11.9 Å². The predicted molar refractivity (Wildman–Crippen MR) is 47.9 cm³/mol. The van der Waals surface area contributed by atoms with Crippen LogP contribution >= 0.6 is 12.6 Å². The molecule has 5 heteroatoms. The van der Waals surface area contributed by atoms with Gasteiger partial charge in [0.2, 0.25) is 0 Å². The highest BCUT2D eigenvalue weighted by molar-refractivity contribution is 7.80. The summed E-state index contributed by atoms with van der Waals surface area (Å²) in [5.41, 5.74) is 0.780. The summed E-state index contributed by atoms with van der Waals surface area (Å²) in [6, 6.07) is 0. The quantitative estimate of drug-likeness (QED) is 0.451. The van der Waals surface area contributed by atoms with E-state index in [9.17, 15) is 4.79 Å². The number of thiol groups is 1. The van der Waals surface area contributed by atoms with Crippen LogP contribution < -0.4 is 5.32 Å². The molecule has 0 radical (unpaired) electrons. The fourth-order valence-electron chi connectivity index (χ4n) is 0.739. The van der Waals surface area contributed by atoms with Crippen molar-refractivity contribution in [3.63, 3.8) is 0 Å². The molecule has 2 N–H and O–H groups in total. The van der Waals surface area contributed by atoms with Gasteiger partial charge in [-0.05, 0) is 0 Å². The summed E-state index contributed by atoms with van der Waals surface area (Å²) in [7, 11) is 0. The number of carbonyl (C=O) groups excluding carboxylic acids is 1. The molecule has 0 saturated carbocycles. The molecule has 0 amide bonds. The van der Waals surface area contributed by atoms with Crippen LogP contribution in [0.5, 0.6) is 0 Å². The Bertz CT molecular complexity index is 225. The third-order valence-corrected chi connectivity index (χ3v) is 1.54. The van der Waals surface area contributed by atoms with Crippen molar-refractivity contribution >= 4 is 24.9 Å². The van der Waals surface area contributed by atoms with Gasteiger partial charge in [0.25, 0.3) is 0 Å². The van der Waals surface area contributed by atoms with Gasteiger partial charge in [0.05, 0.1) is 6.42 Å². The van der Waals surface area contributed by atoms with E-state index in [-0.39, 0.29) is 12.6 Å². The van der Waals surface area contributed by atoms with E-state index >= 15 is 0 Å². The molecule has 0 bridgehead atoms. The van der Waals surface area contributed by atoms with Crippen LogP contribution in [0.15, 0.2) is 16.9 Å². The zero-order chi connectivity index (χ0) is 8.81. The number of rotatable bonds is 4. The van der Waals surface area contributed by atoms with Crippen LogP contribution in [0.25, 0.3) is 0 Å². The second-order valence-electron chi connectivity index (χ2n) is 2.26. The van der Waals surface area contributed by atoms with E-state index in [0.717, 1.165) is 5.70 Å². The van der Waals surface area contributed by atoms with Crippen molar-refractivity contribution in [2.45, 2.75) is 6.42 Å². The van der Waals surface area contributed by atoms with Gasteiger partial charge in [-0.3, -0.25) is 10.1 Å². The van der Waals surface area contributed by atoms with Crippen molar-refractivity contribution in [1.82, 2.24) is 0 Å². The molecule has 4 nitrogen and oxygen atoms in total. The average Bonchev–Trinajstić information content (AvgIpc) is 2.53. The number of aliphatic imine (C=N–C) groups is 1. The minimum Gasteiger partial charge on any atom is -0.459 e. The number of hydrogen-bond donors (Lipinski definition) is 2. The molecule has 0 aromatic heterocycles. The molecule has 0 saturated heterocycles. The van der Waals surface area contributed by atoms with Gasteiger partial charge >= 0.3 is 5.97 Å². The molecule has 0 aliphatic carbocycles. The maximum Gasteiger partial charge on any atom is 0.307 e. The third kappa shape index (κ3) is 3.06. The van der Waals surface area contributed by atoms with E-state index in [1.165, 1.54) is 0 Å². The monoisotopic (exact) mass is 187 g/mol. The number of nitrogens with zero attached hydrogens (tertiary/aromatic N) is 1. The second kappa shape index (κ2) is 4.95. The highest BCUT2D eigenvalue weighted by Gasteiger charge is 2.06. The summed E-state index contributed by atoms with van der Waals surface area (Å²) in [6.07, 6.45) is 3.83. The summed E-state index contributed by atoms with van der Waals surface area (Å²) in [5.74, 6) is 0.292. The lowest BCUT2D eigenvalue weighted by molar-refractivity contribution is -0.447. The van der Waals surface area contributed by atoms with Gasteiger partial charge in [0.1, 0.15) is 18.5 Å². The minimum absolute atomic E-state index is 0.229. The number of nitrogens with two attached hydrogens (primary N) is 1. The minimum atomic E-state index is -0.229. The molecule has 12 heavy (non-hydrogen) atoms. The number of carbonyl (C=O) groups is 1. The molecule has 1 rings (SSSR count). The van der Waals surface area contributed by atoms with Crippen LogP contribution in [0.2, 0.25) is 0 Å². The standard InChI is InChI=1S/C7H10N2O2S/c10-7(1-2-12)11-4-6-3-8-5-9-6/h3,5,12H,1-2,4H2,(H,8,9)/p+1. The topological polar surface area (TPSA) is 55.3 Å². The first-order chi connectivity index (χ1) is 5.83. The predicted octanol–water partition coefficient (Wildman–Crippen LogP) is -0.704. The van der Waals surface area contributed by atoms with E-state index in [1.807, 2.05) is 11.5 Å². The maximum atomic E-state index is 10.8. The number of hydrogen-bond acceptors (Lipinski definition) is 4. The van der Waals surface area contributed by atoms with Gasteiger partial charge in [0.15, 0.2) is 6.34 Å². The third-order valence-electron chi connectivity index (χ3n) is 1.31. The molecular weight excluding hydrogens is 176 g/mol. The number of esters is 1. The Morgan fingerprint density at radius 1 is 1.75 bits per heavy atom. The second-order valence-corrected chi connectivity index (χ2v) is 2.71. The molecule has 66 valence electrons. The lowest BCUT2D eigenvalue weighted by atomic mass is 10.5. The van der Waals surface area contributed by atoms with E-state index < -0.39 is 0 Å². The van der Waals surface area contributed by atoms with Gasteiger partial charge in [-0.1, -0.05) is 0 Å². The van der Waals surface area contributed by atoms with E-state index in [0.29, 0.717) is 12.2 Å². The highest BCUT2D eigenvalue weighted by Crippen LogP contribution is 1.97. The van der Waals surface area contributed by atoms with Gasteiger partial charge in [-0.2, -0.15) is 17.6 Å². The van der Waals surface area contributed by atoms with Crippen LogP contribution in [-0.2, 0) is 9.53 Å². The molecule has 0 aromatic carbocycles. The van der Waals surface area contributed by atoms with Gasteiger partial charge in [0, 0.05) is 5.75 Å². The summed E-state index contributed by atoms with van der Waals surface area (Å²) in [4.78, 5) is 14.8. The fourth-order valence-corrected chi connectivity index (χ4v) is 0.922. The fraction of sp³-hybridized carbons (Fsp3) is 0.429. The maximum absolute atomic E-state index is 10.8. The Morgan fingerprint density at radius 2 is 2.58 bits per heavy atom. The molecule has 0 spiro atoms. The molecule has 0 fully saturated rings. The van der Waals surface area contributed by atoms with Crippen molar-refractivity contribution in [2.75, 3.05) is 12.4 Å². The smallest absolute Gasteiger partial charge is 0.307 e. The molecule has 0 unspecified atom stereocenters. The lowest BCUT2D eigenvalue weighted by Crippen LogP contribution is -2.74. The molecule has 0 aromatic rings. The van der Waals surface area contributed by atoms with Crippen LogP contribution in [0, 0.1) is 0 Å². The summed E-state index contributed by atoms with van der Waals surface area (Å²) < 4.78 is 4.88. The Balaban J connectivity index is 2.16. The van der Waals surface area contributed by atoms with Gasteiger partial charge in [-0.25, -0.2) is 0 Å². The molecule has 1 aliphatic heterocycles. The van der Waals surface area contributed by atoms with Crippen LogP contribution in [0.3, 0.4) is 0 Å². The SMILES string of the molecule is O=C(CCS)OCC1=C[NH2+]C=N1. The van der Waals surface area contributed by atoms with Crippen molar-refractivity contribution < 1.29 is 14.8 Å². The van der Waals surface area contributed by atoms with E-state index in [1.54, 1.807) is 6.34 Å². The summed E-state index contributed by atoms with van der Waals surface area (Å²) >= 11 is 3.91. The first kappa shape index (κ1) is 9.28. The van der Waals surface area contributed by atoms with E-state index in [2.05, 4.69) is 17.6 Å². The van der Waals surface area contributed by atoms with Crippen molar-refractivity contribution in [3.8, 4) is 0 Å². The average molecular weight is 187 g/mol. The number of ether oxygens (including phenoxy) is 1. The van der Waals surface area contributed by atoms with E-state index in [4.69, 9.17) is 4.74 Å². The molecular formula is C7H11N2O2S+. The van der Waals surface area contributed by atoms with Crippen molar-refractivity contribution in [2.24, 2.45) is 4.99 Å². The van der Waals surface area contributed by atoms with Crippen LogP contribution in [0.4, 0.5) is 0 Å². The largest absolute Gasteiger partial charge is 0.459 e. The first-order valence-corrected chi connectivity index (χ1v) is 4.29. The number of quaternary nitrogens is 1.